The molecule has 0 aromatic heterocycles. The zero-order valence-corrected chi connectivity index (χ0v) is 13.3. The smallest absolute Gasteiger partial charge is 0.00721 e. The first-order chi connectivity index (χ1) is 8.68. The van der Waals surface area contributed by atoms with Gasteiger partial charge in [-0.2, -0.15) is 0 Å². The molecule has 18 heavy (non-hydrogen) atoms. The molecule has 1 atom stereocenters. The molecule has 1 heteroatoms. The van der Waals surface area contributed by atoms with Crippen LogP contribution in [0.25, 0.3) is 0 Å². The van der Waals surface area contributed by atoms with Crippen molar-refractivity contribution in [2.45, 2.75) is 97.8 Å². The predicted molar refractivity (Wildman–Crippen MR) is 83.9 cm³/mol. The maximum atomic E-state index is 5.80. The molecule has 0 bridgehead atoms. The lowest BCUT2D eigenvalue weighted by Crippen LogP contribution is -2.21. The van der Waals surface area contributed by atoms with E-state index in [0.717, 1.165) is 6.54 Å². The molecule has 0 aromatic carbocycles. The average Bonchev–Trinajstić information content (AvgIpc) is 2.35. The fraction of sp³-hybridized carbons (Fsp3) is 1.00. The third kappa shape index (κ3) is 9.94. The van der Waals surface area contributed by atoms with Crippen molar-refractivity contribution in [3.8, 4) is 0 Å². The molecule has 0 saturated heterocycles. The van der Waals surface area contributed by atoms with Gasteiger partial charge in [0.25, 0.3) is 0 Å². The molecule has 0 fully saturated rings. The fourth-order valence-electron chi connectivity index (χ4n) is 2.86. The molecule has 0 aromatic rings. The third-order valence-electron chi connectivity index (χ3n) is 4.27. The summed E-state index contributed by atoms with van der Waals surface area (Å²) in [7, 11) is 0. The van der Waals surface area contributed by atoms with E-state index in [2.05, 4.69) is 20.8 Å². The van der Waals surface area contributed by atoms with Crippen molar-refractivity contribution in [1.82, 2.24) is 0 Å². The van der Waals surface area contributed by atoms with Crippen molar-refractivity contribution in [3.05, 3.63) is 0 Å². The Morgan fingerprint density at radius 2 is 1.11 bits per heavy atom. The first-order valence-corrected chi connectivity index (χ1v) is 8.38. The lowest BCUT2D eigenvalue weighted by Gasteiger charge is -2.29. The van der Waals surface area contributed by atoms with Crippen LogP contribution in [0.5, 0.6) is 0 Å². The fourth-order valence-corrected chi connectivity index (χ4v) is 2.86. The molecule has 1 nitrogen and oxygen atoms in total. The maximum Gasteiger partial charge on any atom is -0.00721 e. The molecular weight excluding hydrogens is 218 g/mol. The Balaban J connectivity index is 3.78. The van der Waals surface area contributed by atoms with Crippen LogP contribution in [-0.2, 0) is 0 Å². The predicted octanol–water partition coefficient (Wildman–Crippen LogP) is 5.67. The van der Waals surface area contributed by atoms with Crippen molar-refractivity contribution >= 4 is 0 Å². The summed E-state index contributed by atoms with van der Waals surface area (Å²) < 4.78 is 0. The van der Waals surface area contributed by atoms with Gasteiger partial charge in [0.15, 0.2) is 0 Å². The first kappa shape index (κ1) is 18.0. The van der Waals surface area contributed by atoms with Crippen LogP contribution >= 0.6 is 0 Å². The minimum Gasteiger partial charge on any atom is -0.330 e. The van der Waals surface area contributed by atoms with E-state index in [4.69, 9.17) is 5.73 Å². The normalized spacial score (nSPS) is 14.7. The molecule has 1 unspecified atom stereocenters. The van der Waals surface area contributed by atoms with Crippen molar-refractivity contribution < 1.29 is 0 Å². The summed E-state index contributed by atoms with van der Waals surface area (Å²) in [6, 6.07) is 0. The van der Waals surface area contributed by atoms with Crippen LogP contribution in [0.1, 0.15) is 97.8 Å². The summed E-state index contributed by atoms with van der Waals surface area (Å²) in [5.74, 6) is 0. The topological polar surface area (TPSA) is 26.0 Å². The molecule has 0 aliphatic heterocycles. The summed E-state index contributed by atoms with van der Waals surface area (Å²) in [4.78, 5) is 0. The van der Waals surface area contributed by atoms with Crippen molar-refractivity contribution in [3.63, 3.8) is 0 Å². The maximum absolute atomic E-state index is 5.80. The molecule has 0 saturated carbocycles. The Morgan fingerprint density at radius 3 is 1.56 bits per heavy atom. The highest BCUT2D eigenvalue weighted by molar-refractivity contribution is 4.75. The molecule has 0 spiro atoms. The minimum atomic E-state index is 0.523. The van der Waals surface area contributed by atoms with Gasteiger partial charge in [0.1, 0.15) is 0 Å². The van der Waals surface area contributed by atoms with Crippen molar-refractivity contribution in [1.29, 1.82) is 0 Å². The molecule has 0 rings (SSSR count). The summed E-state index contributed by atoms with van der Waals surface area (Å²) in [5.41, 5.74) is 6.32. The Labute approximate surface area is 116 Å². The number of hydrogen-bond acceptors (Lipinski definition) is 1. The van der Waals surface area contributed by atoms with E-state index in [9.17, 15) is 0 Å². The molecule has 0 aliphatic rings. The van der Waals surface area contributed by atoms with Crippen molar-refractivity contribution in [2.75, 3.05) is 6.54 Å². The Kier molecular flexibility index (Phi) is 12.0. The van der Waals surface area contributed by atoms with Gasteiger partial charge in [-0.3, -0.25) is 0 Å². The zero-order valence-electron chi connectivity index (χ0n) is 13.3. The molecule has 2 N–H and O–H groups in total. The van der Waals surface area contributed by atoms with Gasteiger partial charge in [-0.15, -0.1) is 0 Å². The number of unbranched alkanes of at least 4 members (excludes halogenated alkanes) is 7. The molecule has 0 aliphatic carbocycles. The van der Waals surface area contributed by atoms with E-state index >= 15 is 0 Å². The van der Waals surface area contributed by atoms with E-state index in [1.54, 1.807) is 0 Å². The monoisotopic (exact) mass is 255 g/mol. The molecule has 0 radical (unpaired) electrons. The second-order valence-electron chi connectivity index (χ2n) is 6.32. The van der Waals surface area contributed by atoms with Gasteiger partial charge in [-0.25, -0.2) is 0 Å². The lowest BCUT2D eigenvalue weighted by atomic mass is 9.77. The minimum absolute atomic E-state index is 0.523. The molecule has 0 heterocycles. The van der Waals surface area contributed by atoms with Crippen LogP contribution in [0.4, 0.5) is 0 Å². The van der Waals surface area contributed by atoms with Crippen LogP contribution in [0, 0.1) is 5.41 Å². The van der Waals surface area contributed by atoms with Crippen LogP contribution in [0.15, 0.2) is 0 Å². The van der Waals surface area contributed by atoms with E-state index in [1.165, 1.54) is 77.0 Å². The number of nitrogens with two attached hydrogens (primary N) is 1. The van der Waals surface area contributed by atoms with Gasteiger partial charge in [0.2, 0.25) is 0 Å². The van der Waals surface area contributed by atoms with E-state index in [-0.39, 0.29) is 0 Å². The molecular formula is C17H37N. The quantitative estimate of drug-likeness (QED) is 0.421. The van der Waals surface area contributed by atoms with E-state index < -0.39 is 0 Å². The Bertz CT molecular complexity index is 167. The second kappa shape index (κ2) is 12.0. The van der Waals surface area contributed by atoms with Gasteiger partial charge in [0, 0.05) is 0 Å². The Morgan fingerprint density at radius 1 is 0.667 bits per heavy atom. The summed E-state index contributed by atoms with van der Waals surface area (Å²) >= 11 is 0. The molecule has 0 amide bonds. The van der Waals surface area contributed by atoms with Gasteiger partial charge >= 0.3 is 0 Å². The van der Waals surface area contributed by atoms with Gasteiger partial charge in [-0.1, -0.05) is 78.6 Å². The first-order valence-electron chi connectivity index (χ1n) is 8.38. The van der Waals surface area contributed by atoms with Gasteiger partial charge in [0.05, 0.1) is 0 Å². The van der Waals surface area contributed by atoms with Crippen LogP contribution < -0.4 is 5.73 Å². The highest BCUT2D eigenvalue weighted by Gasteiger charge is 2.22. The van der Waals surface area contributed by atoms with Crippen LogP contribution in [0.2, 0.25) is 0 Å². The number of hydrogen-bond donors (Lipinski definition) is 1. The summed E-state index contributed by atoms with van der Waals surface area (Å²) in [6.07, 6.45) is 16.5. The summed E-state index contributed by atoms with van der Waals surface area (Å²) in [6.45, 7) is 7.89. The van der Waals surface area contributed by atoms with Gasteiger partial charge < -0.3 is 5.73 Å². The number of rotatable bonds is 13. The third-order valence-corrected chi connectivity index (χ3v) is 4.27. The summed E-state index contributed by atoms with van der Waals surface area (Å²) in [5, 5.41) is 0. The highest BCUT2D eigenvalue weighted by atomic mass is 14.5. The average molecular weight is 255 g/mol. The van der Waals surface area contributed by atoms with Crippen molar-refractivity contribution in [2.24, 2.45) is 11.1 Å². The molecule has 110 valence electrons. The van der Waals surface area contributed by atoms with E-state index in [1.807, 2.05) is 0 Å². The highest BCUT2D eigenvalue weighted by Crippen LogP contribution is 2.34. The zero-order chi connectivity index (χ0) is 13.7. The standard InChI is InChI=1S/C17H37N/c1-4-6-8-10-12-14-17(3,15-16-18)13-11-9-7-5-2/h4-16,18H2,1-3H3. The van der Waals surface area contributed by atoms with Crippen LogP contribution in [-0.4, -0.2) is 6.54 Å². The lowest BCUT2D eigenvalue weighted by molar-refractivity contribution is 0.235. The SMILES string of the molecule is CCCCCCCC(C)(CCN)CCCCCC. The largest absolute Gasteiger partial charge is 0.330 e. The van der Waals surface area contributed by atoms with Gasteiger partial charge in [-0.05, 0) is 31.2 Å². The van der Waals surface area contributed by atoms with E-state index in [0.29, 0.717) is 5.41 Å². The van der Waals surface area contributed by atoms with Crippen LogP contribution in [0.3, 0.4) is 0 Å². The second-order valence-corrected chi connectivity index (χ2v) is 6.32. The Hall–Kier alpha value is -0.0400.